The molecule has 2 heterocycles. The number of carbonyl (C=O) groups excluding carboxylic acids is 4. The third-order valence-electron chi connectivity index (χ3n) is 4.95. The highest BCUT2D eigenvalue weighted by Gasteiger charge is 2.40. The number of hydrogen-bond donors (Lipinski definition) is 1. The Labute approximate surface area is 168 Å². The van der Waals surface area contributed by atoms with Gasteiger partial charge in [-0.25, -0.2) is 0 Å². The van der Waals surface area contributed by atoms with E-state index in [4.69, 9.17) is 0 Å². The Morgan fingerprint density at radius 3 is 2.50 bits per heavy atom. The zero-order chi connectivity index (χ0) is 20.3. The van der Waals surface area contributed by atoms with Gasteiger partial charge in [-0.3, -0.25) is 24.1 Å². The fourth-order valence-corrected chi connectivity index (χ4v) is 4.47. The number of benzene rings is 1. The zero-order valence-electron chi connectivity index (χ0n) is 16.1. The number of carbonyl (C=O) groups is 4. The van der Waals surface area contributed by atoms with Crippen LogP contribution >= 0.6 is 11.8 Å². The molecule has 2 aliphatic rings. The van der Waals surface area contributed by atoms with Crippen molar-refractivity contribution < 1.29 is 19.2 Å². The second-order valence-electron chi connectivity index (χ2n) is 7.30. The van der Waals surface area contributed by atoms with Crippen molar-refractivity contribution in [3.05, 3.63) is 29.8 Å². The van der Waals surface area contributed by atoms with E-state index in [1.807, 2.05) is 11.0 Å². The highest BCUT2D eigenvalue weighted by atomic mass is 32.2. The number of nitrogens with zero attached hydrogens (tertiary/aromatic N) is 2. The predicted octanol–water partition coefficient (Wildman–Crippen LogP) is 1.67. The molecule has 1 atom stereocenters. The van der Waals surface area contributed by atoms with E-state index in [0.717, 1.165) is 25.9 Å². The third kappa shape index (κ3) is 4.38. The summed E-state index contributed by atoms with van der Waals surface area (Å²) in [6.45, 7) is 5.13. The van der Waals surface area contributed by atoms with Crippen molar-refractivity contribution >= 4 is 35.4 Å². The van der Waals surface area contributed by atoms with Crippen LogP contribution in [0.15, 0.2) is 29.2 Å². The molecule has 2 aliphatic heterocycles. The molecule has 1 aromatic carbocycles. The van der Waals surface area contributed by atoms with Crippen LogP contribution in [0.5, 0.6) is 0 Å². The van der Waals surface area contributed by atoms with Crippen LogP contribution < -0.4 is 5.32 Å². The van der Waals surface area contributed by atoms with Gasteiger partial charge in [0.05, 0.1) is 17.7 Å². The molecule has 0 saturated carbocycles. The van der Waals surface area contributed by atoms with Gasteiger partial charge in [-0.2, -0.15) is 0 Å². The van der Waals surface area contributed by atoms with Crippen molar-refractivity contribution in [3.63, 3.8) is 0 Å². The Morgan fingerprint density at radius 2 is 1.86 bits per heavy atom. The molecule has 0 spiro atoms. The van der Waals surface area contributed by atoms with Crippen molar-refractivity contribution in [1.29, 1.82) is 0 Å². The Bertz CT molecular complexity index is 789. The number of amides is 4. The maximum Gasteiger partial charge on any atom is 0.253 e. The SMILES string of the molecule is CC(C)N1C(=O)CC(NC(=O)c2ccccc2SCC(=O)N2CCCC2)C1=O. The smallest absolute Gasteiger partial charge is 0.253 e. The lowest BCUT2D eigenvalue weighted by molar-refractivity contribution is -0.140. The van der Waals surface area contributed by atoms with Crippen LogP contribution in [0.4, 0.5) is 0 Å². The molecule has 4 amide bonds. The van der Waals surface area contributed by atoms with Gasteiger partial charge in [0, 0.05) is 24.0 Å². The summed E-state index contributed by atoms with van der Waals surface area (Å²) in [5.74, 6) is -0.714. The topological polar surface area (TPSA) is 86.8 Å². The van der Waals surface area contributed by atoms with Gasteiger partial charge in [-0.1, -0.05) is 12.1 Å². The van der Waals surface area contributed by atoms with Crippen LogP contribution in [0.3, 0.4) is 0 Å². The summed E-state index contributed by atoms with van der Waals surface area (Å²) in [5.41, 5.74) is 0.407. The number of hydrogen-bond acceptors (Lipinski definition) is 5. The summed E-state index contributed by atoms with van der Waals surface area (Å²) < 4.78 is 0. The van der Waals surface area contributed by atoms with Crippen LogP contribution in [-0.2, 0) is 14.4 Å². The normalized spacial score (nSPS) is 19.6. The average molecular weight is 404 g/mol. The minimum atomic E-state index is -0.841. The molecular formula is C20H25N3O4S. The van der Waals surface area contributed by atoms with Gasteiger partial charge in [-0.05, 0) is 38.8 Å². The molecule has 2 fully saturated rings. The second kappa shape index (κ2) is 8.77. The fourth-order valence-electron chi connectivity index (χ4n) is 3.52. The lowest BCUT2D eigenvalue weighted by atomic mass is 10.2. The minimum Gasteiger partial charge on any atom is -0.342 e. The second-order valence-corrected chi connectivity index (χ2v) is 8.32. The summed E-state index contributed by atoms with van der Waals surface area (Å²) in [7, 11) is 0. The number of nitrogens with one attached hydrogen (secondary N) is 1. The molecular weight excluding hydrogens is 378 g/mol. The van der Waals surface area contributed by atoms with Gasteiger partial charge in [0.2, 0.25) is 11.8 Å². The van der Waals surface area contributed by atoms with Gasteiger partial charge in [0.25, 0.3) is 11.8 Å². The number of imide groups is 1. The van der Waals surface area contributed by atoms with Crippen LogP contribution in [-0.4, -0.2) is 64.4 Å². The van der Waals surface area contributed by atoms with Crippen LogP contribution in [0.25, 0.3) is 0 Å². The molecule has 1 unspecified atom stereocenters. The van der Waals surface area contributed by atoms with E-state index in [1.165, 1.54) is 16.7 Å². The quantitative estimate of drug-likeness (QED) is 0.577. The molecule has 0 radical (unpaired) electrons. The lowest BCUT2D eigenvalue weighted by Crippen LogP contribution is -2.43. The first-order chi connectivity index (χ1) is 13.4. The third-order valence-corrected chi connectivity index (χ3v) is 6.00. The van der Waals surface area contributed by atoms with Gasteiger partial charge < -0.3 is 10.2 Å². The summed E-state index contributed by atoms with van der Waals surface area (Å²) >= 11 is 1.32. The summed E-state index contributed by atoms with van der Waals surface area (Å²) in [5, 5.41) is 2.68. The van der Waals surface area contributed by atoms with Gasteiger partial charge in [-0.15, -0.1) is 11.8 Å². The molecule has 0 aromatic heterocycles. The molecule has 0 bridgehead atoms. The summed E-state index contributed by atoms with van der Waals surface area (Å²) in [6.07, 6.45) is 2.05. The summed E-state index contributed by atoms with van der Waals surface area (Å²) in [6, 6.07) is 5.93. The Kier molecular flexibility index (Phi) is 6.39. The molecule has 28 heavy (non-hydrogen) atoms. The van der Waals surface area contributed by atoms with Crippen molar-refractivity contribution in [2.24, 2.45) is 0 Å². The van der Waals surface area contributed by atoms with E-state index < -0.39 is 11.9 Å². The largest absolute Gasteiger partial charge is 0.342 e. The van der Waals surface area contributed by atoms with E-state index >= 15 is 0 Å². The Hall–Kier alpha value is -2.35. The Balaban J connectivity index is 1.65. The van der Waals surface area contributed by atoms with Crippen molar-refractivity contribution in [2.75, 3.05) is 18.8 Å². The van der Waals surface area contributed by atoms with E-state index in [0.29, 0.717) is 10.5 Å². The number of likely N-dealkylation sites (tertiary alicyclic amines) is 2. The van der Waals surface area contributed by atoms with E-state index in [-0.39, 0.29) is 35.9 Å². The molecule has 1 N–H and O–H groups in total. The van der Waals surface area contributed by atoms with Crippen LogP contribution in [0.2, 0.25) is 0 Å². The first-order valence-electron chi connectivity index (χ1n) is 9.55. The first kappa shape index (κ1) is 20.4. The number of rotatable bonds is 6. The van der Waals surface area contributed by atoms with E-state index in [9.17, 15) is 19.2 Å². The van der Waals surface area contributed by atoms with Gasteiger partial charge in [0.15, 0.2) is 0 Å². The van der Waals surface area contributed by atoms with E-state index in [2.05, 4.69) is 5.32 Å². The highest BCUT2D eigenvalue weighted by molar-refractivity contribution is 8.00. The zero-order valence-corrected chi connectivity index (χ0v) is 17.0. The molecule has 7 nitrogen and oxygen atoms in total. The van der Waals surface area contributed by atoms with Crippen LogP contribution in [0, 0.1) is 0 Å². The summed E-state index contributed by atoms with van der Waals surface area (Å²) in [4.78, 5) is 53.2. The minimum absolute atomic E-state index is 0.0223. The van der Waals surface area contributed by atoms with Gasteiger partial charge in [0.1, 0.15) is 6.04 Å². The lowest BCUT2D eigenvalue weighted by Gasteiger charge is -2.19. The number of thioether (sulfide) groups is 1. The molecule has 2 saturated heterocycles. The maximum atomic E-state index is 12.7. The monoisotopic (exact) mass is 403 g/mol. The highest BCUT2D eigenvalue weighted by Crippen LogP contribution is 2.24. The maximum absolute atomic E-state index is 12.7. The van der Waals surface area contributed by atoms with E-state index in [1.54, 1.807) is 32.0 Å². The van der Waals surface area contributed by atoms with Crippen LogP contribution in [0.1, 0.15) is 43.5 Å². The predicted molar refractivity (Wildman–Crippen MR) is 106 cm³/mol. The molecule has 0 aliphatic carbocycles. The Morgan fingerprint density at radius 1 is 1.18 bits per heavy atom. The van der Waals surface area contributed by atoms with Crippen molar-refractivity contribution in [3.8, 4) is 0 Å². The molecule has 150 valence electrons. The first-order valence-corrected chi connectivity index (χ1v) is 10.5. The fraction of sp³-hybridized carbons (Fsp3) is 0.500. The van der Waals surface area contributed by atoms with Gasteiger partial charge >= 0.3 is 0 Å². The molecule has 8 heteroatoms. The van der Waals surface area contributed by atoms with Crippen molar-refractivity contribution in [2.45, 2.75) is 50.1 Å². The average Bonchev–Trinajstić information content (AvgIpc) is 3.28. The molecule has 3 rings (SSSR count). The molecule has 1 aromatic rings. The van der Waals surface area contributed by atoms with Crippen molar-refractivity contribution in [1.82, 2.24) is 15.1 Å². The standard InChI is InChI=1S/C20H25N3O4S/c1-13(2)23-17(24)11-15(20(23)27)21-19(26)14-7-3-4-8-16(14)28-12-18(25)22-9-5-6-10-22/h3-4,7-8,13,15H,5-6,9-12H2,1-2H3,(H,21,26).